The van der Waals surface area contributed by atoms with Gasteiger partial charge in [0.05, 0.1) is 7.11 Å². The smallest absolute Gasteiger partial charge is 0.161 e. The zero-order chi connectivity index (χ0) is 19.8. The molecule has 0 atom stereocenters. The zero-order valence-electron chi connectivity index (χ0n) is 16.2. The second-order valence-electron chi connectivity index (χ2n) is 6.45. The lowest BCUT2D eigenvalue weighted by atomic mass is 10.1. The average molecular weight is 436 g/mol. The molecule has 6 heteroatoms. The Morgan fingerprint density at radius 3 is 2.21 bits per heavy atom. The monoisotopic (exact) mass is 435 g/mol. The summed E-state index contributed by atoms with van der Waals surface area (Å²) in [5.41, 5.74) is 3.26. The van der Waals surface area contributed by atoms with Crippen LogP contribution in [-0.2, 0) is 19.6 Å². The number of nitrogens with one attached hydrogen (secondary N) is 1. The third kappa shape index (κ3) is 7.24. The van der Waals surface area contributed by atoms with E-state index in [0.717, 1.165) is 35.7 Å². The summed E-state index contributed by atoms with van der Waals surface area (Å²) in [6.45, 7) is 1.96. The summed E-state index contributed by atoms with van der Waals surface area (Å²) in [5, 5.41) is 4.19. The molecule has 0 spiro atoms. The molecule has 0 heterocycles. The predicted octanol–water partition coefficient (Wildman–Crippen LogP) is 5.82. The first-order valence-electron chi connectivity index (χ1n) is 9.13. The second kappa shape index (κ2) is 11.7. The molecule has 0 aliphatic heterocycles. The van der Waals surface area contributed by atoms with Gasteiger partial charge in [0, 0.05) is 11.6 Å². The van der Waals surface area contributed by atoms with Crippen LogP contribution >= 0.6 is 24.0 Å². The van der Waals surface area contributed by atoms with E-state index in [1.807, 2.05) is 42.5 Å². The highest BCUT2D eigenvalue weighted by molar-refractivity contribution is 6.30. The molecule has 3 rings (SSSR count). The van der Waals surface area contributed by atoms with Crippen LogP contribution in [0.2, 0.25) is 5.02 Å². The van der Waals surface area contributed by atoms with Gasteiger partial charge in [-0.15, -0.1) is 12.4 Å². The van der Waals surface area contributed by atoms with Gasteiger partial charge in [-0.25, -0.2) is 4.39 Å². The third-order valence-corrected chi connectivity index (χ3v) is 4.62. The molecule has 0 aliphatic carbocycles. The van der Waals surface area contributed by atoms with Crippen molar-refractivity contribution in [1.29, 1.82) is 0 Å². The van der Waals surface area contributed by atoms with E-state index in [2.05, 4.69) is 5.32 Å². The van der Waals surface area contributed by atoms with E-state index in [9.17, 15) is 4.39 Å². The Morgan fingerprint density at radius 1 is 0.862 bits per heavy atom. The van der Waals surface area contributed by atoms with Crippen molar-refractivity contribution in [3.8, 4) is 11.5 Å². The first-order chi connectivity index (χ1) is 13.6. The topological polar surface area (TPSA) is 30.5 Å². The van der Waals surface area contributed by atoms with Crippen molar-refractivity contribution < 1.29 is 13.9 Å². The molecule has 29 heavy (non-hydrogen) atoms. The molecule has 154 valence electrons. The summed E-state index contributed by atoms with van der Waals surface area (Å²) in [6.07, 6.45) is 0.938. The van der Waals surface area contributed by atoms with Gasteiger partial charge in [-0.2, -0.15) is 0 Å². The van der Waals surface area contributed by atoms with Gasteiger partial charge in [0.25, 0.3) is 0 Å². The van der Waals surface area contributed by atoms with Gasteiger partial charge in [0.2, 0.25) is 0 Å². The van der Waals surface area contributed by atoms with Crippen LogP contribution in [-0.4, -0.2) is 13.7 Å². The number of rotatable bonds is 9. The van der Waals surface area contributed by atoms with Gasteiger partial charge in [0.1, 0.15) is 12.4 Å². The van der Waals surface area contributed by atoms with Crippen molar-refractivity contribution in [1.82, 2.24) is 5.32 Å². The molecular formula is C23H24Cl2FNO2. The molecule has 0 aliphatic rings. The Balaban J connectivity index is 0.00000300. The number of halogens is 3. The normalized spacial score (nSPS) is 10.3. The molecule has 0 saturated heterocycles. The number of methoxy groups -OCH3 is 1. The van der Waals surface area contributed by atoms with Gasteiger partial charge >= 0.3 is 0 Å². The molecule has 1 N–H and O–H groups in total. The van der Waals surface area contributed by atoms with Crippen LogP contribution in [0.4, 0.5) is 4.39 Å². The fraction of sp³-hybridized carbons (Fsp3) is 0.217. The SMILES string of the molecule is COc1cc(CNCCc2ccc(Cl)cc2)ccc1OCc1ccc(F)cc1.Cl. The summed E-state index contributed by atoms with van der Waals surface area (Å²) in [5.74, 6) is 1.09. The van der Waals surface area contributed by atoms with Crippen molar-refractivity contribution >= 4 is 24.0 Å². The van der Waals surface area contributed by atoms with Crippen molar-refractivity contribution in [2.45, 2.75) is 19.6 Å². The van der Waals surface area contributed by atoms with Gasteiger partial charge in [0.15, 0.2) is 11.5 Å². The van der Waals surface area contributed by atoms with Crippen LogP contribution in [0.1, 0.15) is 16.7 Å². The fourth-order valence-electron chi connectivity index (χ4n) is 2.80. The Labute approximate surface area is 182 Å². The van der Waals surface area contributed by atoms with E-state index in [4.69, 9.17) is 21.1 Å². The largest absolute Gasteiger partial charge is 0.493 e. The number of ether oxygens (including phenoxy) is 2. The zero-order valence-corrected chi connectivity index (χ0v) is 17.7. The van der Waals surface area contributed by atoms with Crippen LogP contribution in [0.5, 0.6) is 11.5 Å². The standard InChI is InChI=1S/C23H23ClFNO2.ClH/c1-27-23-14-19(15-26-13-12-17-2-7-20(24)8-3-17)6-11-22(23)28-16-18-4-9-21(25)10-5-18;/h2-11,14,26H,12-13,15-16H2,1H3;1H. The molecule has 3 nitrogen and oxygen atoms in total. The lowest BCUT2D eigenvalue weighted by Crippen LogP contribution is -2.16. The van der Waals surface area contributed by atoms with Gasteiger partial charge in [-0.3, -0.25) is 0 Å². The lowest BCUT2D eigenvalue weighted by Gasteiger charge is -2.13. The minimum absolute atomic E-state index is 0. The number of hydrogen-bond acceptors (Lipinski definition) is 3. The molecule has 0 radical (unpaired) electrons. The fourth-order valence-corrected chi connectivity index (χ4v) is 2.93. The molecule has 0 saturated carbocycles. The van der Waals surface area contributed by atoms with Crippen LogP contribution in [0.15, 0.2) is 66.7 Å². The summed E-state index contributed by atoms with van der Waals surface area (Å²) >= 11 is 5.91. The first kappa shape index (κ1) is 23.0. The van der Waals surface area contributed by atoms with Crippen molar-refractivity contribution in [2.24, 2.45) is 0 Å². The van der Waals surface area contributed by atoms with E-state index in [1.54, 1.807) is 19.2 Å². The first-order valence-corrected chi connectivity index (χ1v) is 9.51. The molecule has 3 aromatic carbocycles. The van der Waals surface area contributed by atoms with E-state index in [1.165, 1.54) is 17.7 Å². The average Bonchev–Trinajstić information content (AvgIpc) is 2.72. The van der Waals surface area contributed by atoms with E-state index < -0.39 is 0 Å². The highest BCUT2D eigenvalue weighted by atomic mass is 35.5. The highest BCUT2D eigenvalue weighted by Crippen LogP contribution is 2.29. The van der Waals surface area contributed by atoms with E-state index >= 15 is 0 Å². The minimum Gasteiger partial charge on any atom is -0.493 e. The summed E-state index contributed by atoms with van der Waals surface area (Å²) < 4.78 is 24.3. The summed E-state index contributed by atoms with van der Waals surface area (Å²) in [6, 6.07) is 20.1. The van der Waals surface area contributed by atoms with Gasteiger partial charge < -0.3 is 14.8 Å². The quantitative estimate of drug-likeness (QED) is 0.429. The summed E-state index contributed by atoms with van der Waals surface area (Å²) in [7, 11) is 1.62. The Morgan fingerprint density at radius 2 is 1.52 bits per heavy atom. The van der Waals surface area contributed by atoms with Crippen LogP contribution in [0.3, 0.4) is 0 Å². The predicted molar refractivity (Wildman–Crippen MR) is 118 cm³/mol. The van der Waals surface area contributed by atoms with Crippen molar-refractivity contribution in [3.05, 3.63) is 94.3 Å². The van der Waals surface area contributed by atoms with E-state index in [-0.39, 0.29) is 18.2 Å². The van der Waals surface area contributed by atoms with Crippen molar-refractivity contribution in [3.63, 3.8) is 0 Å². The number of hydrogen-bond donors (Lipinski definition) is 1. The molecule has 0 amide bonds. The highest BCUT2D eigenvalue weighted by Gasteiger charge is 2.07. The second-order valence-corrected chi connectivity index (χ2v) is 6.89. The molecule has 0 unspecified atom stereocenters. The Hall–Kier alpha value is -2.27. The van der Waals surface area contributed by atoms with E-state index in [0.29, 0.717) is 18.1 Å². The number of benzene rings is 3. The maximum absolute atomic E-state index is 13.0. The van der Waals surface area contributed by atoms with Crippen LogP contribution in [0, 0.1) is 5.82 Å². The third-order valence-electron chi connectivity index (χ3n) is 4.37. The molecular weight excluding hydrogens is 412 g/mol. The Bertz CT molecular complexity index is 886. The lowest BCUT2D eigenvalue weighted by molar-refractivity contribution is 0.284. The molecule has 0 bridgehead atoms. The molecule has 3 aromatic rings. The molecule has 0 aromatic heterocycles. The van der Waals surface area contributed by atoms with Gasteiger partial charge in [-0.05, 0) is 66.1 Å². The minimum atomic E-state index is -0.255. The maximum atomic E-state index is 13.0. The maximum Gasteiger partial charge on any atom is 0.161 e. The summed E-state index contributed by atoms with van der Waals surface area (Å²) in [4.78, 5) is 0. The Kier molecular flexibility index (Phi) is 9.26. The molecule has 0 fully saturated rings. The van der Waals surface area contributed by atoms with Crippen LogP contribution in [0.25, 0.3) is 0 Å². The van der Waals surface area contributed by atoms with Gasteiger partial charge in [-0.1, -0.05) is 41.9 Å². The van der Waals surface area contributed by atoms with Crippen LogP contribution < -0.4 is 14.8 Å². The van der Waals surface area contributed by atoms with Crippen molar-refractivity contribution in [2.75, 3.05) is 13.7 Å².